The SMILES string of the molecule is CCn1cnnc1C1CCN(CC(O)COCc2ccco2)CC1. The summed E-state index contributed by atoms with van der Waals surface area (Å²) < 4.78 is 12.8. The molecule has 0 aliphatic carbocycles. The molecule has 1 aliphatic heterocycles. The summed E-state index contributed by atoms with van der Waals surface area (Å²) in [6.07, 6.45) is 5.06. The molecule has 0 bridgehead atoms. The lowest BCUT2D eigenvalue weighted by molar-refractivity contribution is 0.00157. The number of aryl methyl sites for hydroxylation is 1. The number of nitrogens with zero attached hydrogens (tertiary/aromatic N) is 4. The van der Waals surface area contributed by atoms with Gasteiger partial charge in [0.25, 0.3) is 0 Å². The molecule has 1 unspecified atom stereocenters. The van der Waals surface area contributed by atoms with Crippen LogP contribution < -0.4 is 0 Å². The van der Waals surface area contributed by atoms with Crippen LogP contribution in [-0.2, 0) is 17.9 Å². The summed E-state index contributed by atoms with van der Waals surface area (Å²) in [5.74, 6) is 2.35. The van der Waals surface area contributed by atoms with E-state index < -0.39 is 6.10 Å². The minimum Gasteiger partial charge on any atom is -0.467 e. The van der Waals surface area contributed by atoms with Gasteiger partial charge in [0.15, 0.2) is 0 Å². The molecule has 132 valence electrons. The summed E-state index contributed by atoms with van der Waals surface area (Å²) >= 11 is 0. The molecule has 0 saturated carbocycles. The van der Waals surface area contributed by atoms with E-state index in [0.29, 0.717) is 25.7 Å². The highest BCUT2D eigenvalue weighted by molar-refractivity contribution is 4.99. The largest absolute Gasteiger partial charge is 0.467 e. The van der Waals surface area contributed by atoms with Crippen molar-refractivity contribution in [1.82, 2.24) is 19.7 Å². The predicted molar refractivity (Wildman–Crippen MR) is 88.5 cm³/mol. The summed E-state index contributed by atoms with van der Waals surface area (Å²) in [7, 11) is 0. The third-order valence-electron chi connectivity index (χ3n) is 4.54. The monoisotopic (exact) mass is 334 g/mol. The first kappa shape index (κ1) is 17.1. The lowest BCUT2D eigenvalue weighted by Crippen LogP contribution is -2.40. The lowest BCUT2D eigenvalue weighted by atomic mass is 9.95. The molecule has 7 nitrogen and oxygen atoms in total. The molecule has 1 aliphatic rings. The minimum atomic E-state index is -0.476. The maximum Gasteiger partial charge on any atom is 0.135 e. The van der Waals surface area contributed by atoms with E-state index in [0.717, 1.165) is 44.1 Å². The van der Waals surface area contributed by atoms with Crippen molar-refractivity contribution in [1.29, 1.82) is 0 Å². The van der Waals surface area contributed by atoms with Crippen LogP contribution in [0.15, 0.2) is 29.1 Å². The zero-order chi connectivity index (χ0) is 16.8. The fraction of sp³-hybridized carbons (Fsp3) is 0.647. The van der Waals surface area contributed by atoms with Crippen LogP contribution in [0.3, 0.4) is 0 Å². The van der Waals surface area contributed by atoms with Crippen LogP contribution in [0.1, 0.15) is 37.3 Å². The van der Waals surface area contributed by atoms with E-state index in [1.165, 1.54) is 0 Å². The van der Waals surface area contributed by atoms with E-state index in [1.807, 2.05) is 18.5 Å². The van der Waals surface area contributed by atoms with Crippen LogP contribution in [0.5, 0.6) is 0 Å². The van der Waals surface area contributed by atoms with Crippen molar-refractivity contribution in [2.24, 2.45) is 0 Å². The molecule has 1 atom stereocenters. The Hall–Kier alpha value is -1.70. The zero-order valence-corrected chi connectivity index (χ0v) is 14.2. The fourth-order valence-electron chi connectivity index (χ4n) is 3.24. The first-order valence-corrected chi connectivity index (χ1v) is 8.64. The van der Waals surface area contributed by atoms with Crippen LogP contribution in [-0.4, -0.2) is 57.1 Å². The van der Waals surface area contributed by atoms with Gasteiger partial charge >= 0.3 is 0 Å². The summed E-state index contributed by atoms with van der Waals surface area (Å²) in [6.45, 7) is 6.33. The molecule has 24 heavy (non-hydrogen) atoms. The summed E-state index contributed by atoms with van der Waals surface area (Å²) in [5, 5.41) is 18.4. The van der Waals surface area contributed by atoms with E-state index in [2.05, 4.69) is 26.6 Å². The minimum absolute atomic E-state index is 0.324. The molecule has 3 rings (SSSR count). The quantitative estimate of drug-likeness (QED) is 0.791. The van der Waals surface area contributed by atoms with Crippen molar-refractivity contribution in [3.05, 3.63) is 36.3 Å². The van der Waals surface area contributed by atoms with Gasteiger partial charge < -0.3 is 23.7 Å². The predicted octanol–water partition coefficient (Wildman–Crippen LogP) is 1.65. The molecule has 1 saturated heterocycles. The van der Waals surface area contributed by atoms with Crippen molar-refractivity contribution >= 4 is 0 Å². The number of furan rings is 1. The summed E-state index contributed by atoms with van der Waals surface area (Å²) in [4.78, 5) is 2.30. The van der Waals surface area contributed by atoms with Crippen LogP contribution in [0.2, 0.25) is 0 Å². The van der Waals surface area contributed by atoms with Gasteiger partial charge in [-0.3, -0.25) is 0 Å². The molecule has 0 amide bonds. The molecular formula is C17H26N4O3. The molecular weight excluding hydrogens is 308 g/mol. The number of β-amino-alcohol motifs (C(OH)–C–C–N with tert-alkyl or cyclic N) is 1. The van der Waals surface area contributed by atoms with Gasteiger partial charge in [0.05, 0.1) is 19.0 Å². The Bertz CT molecular complexity index is 591. The molecule has 0 aromatic carbocycles. The highest BCUT2D eigenvalue weighted by Gasteiger charge is 2.25. The van der Waals surface area contributed by atoms with Gasteiger partial charge in [0.2, 0.25) is 0 Å². The maximum absolute atomic E-state index is 10.1. The number of piperidine rings is 1. The highest BCUT2D eigenvalue weighted by Crippen LogP contribution is 2.26. The number of ether oxygens (including phenoxy) is 1. The second-order valence-electron chi connectivity index (χ2n) is 6.30. The first-order valence-electron chi connectivity index (χ1n) is 8.64. The zero-order valence-electron chi connectivity index (χ0n) is 14.2. The van der Waals surface area contributed by atoms with Gasteiger partial charge in [-0.05, 0) is 45.0 Å². The highest BCUT2D eigenvalue weighted by atomic mass is 16.5. The van der Waals surface area contributed by atoms with Crippen molar-refractivity contribution in [3.63, 3.8) is 0 Å². The number of aromatic nitrogens is 3. The molecule has 2 aromatic rings. The van der Waals surface area contributed by atoms with Crippen molar-refractivity contribution in [2.75, 3.05) is 26.2 Å². The van der Waals surface area contributed by atoms with Crippen molar-refractivity contribution in [2.45, 2.75) is 44.9 Å². The number of hydrogen-bond donors (Lipinski definition) is 1. The Morgan fingerprint density at radius 1 is 1.42 bits per heavy atom. The number of aliphatic hydroxyl groups excluding tert-OH is 1. The van der Waals surface area contributed by atoms with Crippen molar-refractivity contribution < 1.29 is 14.3 Å². The van der Waals surface area contributed by atoms with Crippen molar-refractivity contribution in [3.8, 4) is 0 Å². The molecule has 3 heterocycles. The van der Waals surface area contributed by atoms with E-state index >= 15 is 0 Å². The van der Waals surface area contributed by atoms with E-state index in [4.69, 9.17) is 9.15 Å². The molecule has 1 fully saturated rings. The number of likely N-dealkylation sites (tertiary alicyclic amines) is 1. The van der Waals surface area contributed by atoms with Crippen LogP contribution >= 0.6 is 0 Å². The van der Waals surface area contributed by atoms with E-state index in [1.54, 1.807) is 6.26 Å². The third-order valence-corrected chi connectivity index (χ3v) is 4.54. The standard InChI is InChI=1S/C17H26N4O3/c1-2-21-13-18-19-17(21)14-5-7-20(8-6-14)10-15(22)11-23-12-16-4-3-9-24-16/h3-4,9,13-15,22H,2,5-8,10-12H2,1H3. The van der Waals surface area contributed by atoms with Gasteiger partial charge in [-0.2, -0.15) is 0 Å². The topological polar surface area (TPSA) is 76.6 Å². The summed E-state index contributed by atoms with van der Waals surface area (Å²) in [6, 6.07) is 3.70. The second kappa shape index (κ2) is 8.41. The number of rotatable bonds is 8. The van der Waals surface area contributed by atoms with E-state index in [9.17, 15) is 5.11 Å². The third kappa shape index (κ3) is 4.43. The number of hydrogen-bond acceptors (Lipinski definition) is 6. The normalized spacial score (nSPS) is 18.1. The first-order chi connectivity index (χ1) is 11.8. The smallest absolute Gasteiger partial charge is 0.135 e. The Kier molecular flexibility index (Phi) is 6.01. The maximum atomic E-state index is 10.1. The van der Waals surface area contributed by atoms with Gasteiger partial charge in [-0.25, -0.2) is 0 Å². The van der Waals surface area contributed by atoms with Gasteiger partial charge in [0.1, 0.15) is 24.5 Å². The molecule has 1 N–H and O–H groups in total. The van der Waals surface area contributed by atoms with Gasteiger partial charge in [-0.1, -0.05) is 0 Å². The van der Waals surface area contributed by atoms with Crippen LogP contribution in [0.25, 0.3) is 0 Å². The Labute approximate surface area is 142 Å². The molecule has 0 radical (unpaired) electrons. The van der Waals surface area contributed by atoms with E-state index in [-0.39, 0.29) is 0 Å². The van der Waals surface area contributed by atoms with Gasteiger partial charge in [-0.15, -0.1) is 10.2 Å². The molecule has 0 spiro atoms. The Morgan fingerprint density at radius 2 is 2.25 bits per heavy atom. The lowest BCUT2D eigenvalue weighted by Gasteiger charge is -2.32. The van der Waals surface area contributed by atoms with Crippen LogP contribution in [0, 0.1) is 0 Å². The molecule has 2 aromatic heterocycles. The summed E-state index contributed by atoms with van der Waals surface area (Å²) in [5.41, 5.74) is 0. The second-order valence-corrected chi connectivity index (χ2v) is 6.30. The fourth-order valence-corrected chi connectivity index (χ4v) is 3.24. The Balaban J connectivity index is 1.37. The average molecular weight is 334 g/mol. The molecule has 7 heteroatoms. The van der Waals surface area contributed by atoms with Crippen LogP contribution in [0.4, 0.5) is 0 Å². The van der Waals surface area contributed by atoms with Gasteiger partial charge in [0, 0.05) is 19.0 Å². The number of aliphatic hydroxyl groups is 1. The Morgan fingerprint density at radius 3 is 2.96 bits per heavy atom. The average Bonchev–Trinajstić information content (AvgIpc) is 3.26.